The van der Waals surface area contributed by atoms with E-state index in [1.54, 1.807) is 12.4 Å². The van der Waals surface area contributed by atoms with Crippen molar-refractivity contribution in [2.24, 2.45) is 5.73 Å². The molecule has 1 amide bonds. The molecule has 5 N–H and O–H groups in total. The highest BCUT2D eigenvalue weighted by atomic mass is 32.1. The summed E-state index contributed by atoms with van der Waals surface area (Å²) in [6.45, 7) is 1.97. The Labute approximate surface area is 108 Å². The van der Waals surface area contributed by atoms with Gasteiger partial charge in [-0.1, -0.05) is 0 Å². The summed E-state index contributed by atoms with van der Waals surface area (Å²) in [6.07, 6.45) is 3.42. The largest absolute Gasteiger partial charge is 0.382 e. The Morgan fingerprint density at radius 2 is 2.11 bits per heavy atom. The Balaban J connectivity index is 2.22. The van der Waals surface area contributed by atoms with Gasteiger partial charge in [-0.2, -0.15) is 4.37 Å². The third-order valence-electron chi connectivity index (χ3n) is 2.52. The number of anilines is 2. The van der Waals surface area contributed by atoms with Gasteiger partial charge in [0.1, 0.15) is 10.6 Å². The van der Waals surface area contributed by atoms with Gasteiger partial charge in [0, 0.05) is 18.4 Å². The molecule has 2 aromatic rings. The molecule has 2 heterocycles. The van der Waals surface area contributed by atoms with Crippen LogP contribution in [0.1, 0.15) is 28.9 Å². The van der Waals surface area contributed by atoms with Gasteiger partial charge in [-0.05, 0) is 36.2 Å². The average Bonchev–Trinajstić information content (AvgIpc) is 2.71. The van der Waals surface area contributed by atoms with Crippen LogP contribution in [0.25, 0.3) is 0 Å². The lowest BCUT2D eigenvalue weighted by atomic mass is 10.1. The van der Waals surface area contributed by atoms with Crippen LogP contribution in [0.5, 0.6) is 0 Å². The molecule has 0 saturated carbocycles. The van der Waals surface area contributed by atoms with E-state index >= 15 is 0 Å². The summed E-state index contributed by atoms with van der Waals surface area (Å²) in [5.41, 5.74) is 12.2. The van der Waals surface area contributed by atoms with Crippen LogP contribution in [0.15, 0.2) is 24.5 Å². The Morgan fingerprint density at radius 3 is 2.72 bits per heavy atom. The topological polar surface area (TPSA) is 107 Å². The highest BCUT2D eigenvalue weighted by molar-refractivity contribution is 7.11. The Hall–Kier alpha value is -2.15. The zero-order valence-corrected chi connectivity index (χ0v) is 10.6. The zero-order valence-electron chi connectivity index (χ0n) is 9.75. The molecule has 1 atom stereocenters. The van der Waals surface area contributed by atoms with Crippen LogP contribution in [-0.4, -0.2) is 15.3 Å². The molecule has 0 spiro atoms. The van der Waals surface area contributed by atoms with E-state index < -0.39 is 5.91 Å². The van der Waals surface area contributed by atoms with Gasteiger partial charge in [0.2, 0.25) is 0 Å². The lowest BCUT2D eigenvalue weighted by molar-refractivity contribution is 0.100. The number of nitrogen functional groups attached to an aromatic ring is 1. The highest BCUT2D eigenvalue weighted by Crippen LogP contribution is 2.29. The van der Waals surface area contributed by atoms with Crippen molar-refractivity contribution in [1.29, 1.82) is 0 Å². The molecule has 0 aliphatic heterocycles. The fourth-order valence-corrected chi connectivity index (χ4v) is 2.38. The number of rotatable bonds is 4. The number of carbonyl (C=O) groups excluding carboxylic acids is 1. The minimum absolute atomic E-state index is 0.00551. The minimum atomic E-state index is -0.578. The molecule has 6 nitrogen and oxygen atoms in total. The molecule has 0 radical (unpaired) electrons. The number of hydrogen-bond donors (Lipinski definition) is 3. The van der Waals surface area contributed by atoms with Crippen molar-refractivity contribution in [3.8, 4) is 0 Å². The fraction of sp³-hybridized carbons (Fsp3) is 0.182. The van der Waals surface area contributed by atoms with Crippen molar-refractivity contribution in [2.75, 3.05) is 11.1 Å². The van der Waals surface area contributed by atoms with E-state index in [1.165, 1.54) is 0 Å². The van der Waals surface area contributed by atoms with E-state index in [9.17, 15) is 4.79 Å². The second-order valence-corrected chi connectivity index (χ2v) is 4.56. The molecule has 2 rings (SSSR count). The van der Waals surface area contributed by atoms with Crippen LogP contribution in [0.3, 0.4) is 0 Å². The van der Waals surface area contributed by atoms with Gasteiger partial charge in [0.15, 0.2) is 5.82 Å². The molecule has 18 heavy (non-hydrogen) atoms. The summed E-state index contributed by atoms with van der Waals surface area (Å²) in [4.78, 5) is 15.2. The van der Waals surface area contributed by atoms with Gasteiger partial charge >= 0.3 is 0 Å². The minimum Gasteiger partial charge on any atom is -0.382 e. The summed E-state index contributed by atoms with van der Waals surface area (Å²) >= 11 is 1.12. The molecule has 0 aromatic carbocycles. The predicted octanol–water partition coefficient (Wildman–Crippen LogP) is 1.39. The summed E-state index contributed by atoms with van der Waals surface area (Å²) < 4.78 is 3.93. The molecule has 1 unspecified atom stereocenters. The number of hydrogen-bond acceptors (Lipinski definition) is 6. The van der Waals surface area contributed by atoms with Gasteiger partial charge in [-0.25, -0.2) is 0 Å². The van der Waals surface area contributed by atoms with Crippen molar-refractivity contribution >= 4 is 28.3 Å². The van der Waals surface area contributed by atoms with Crippen molar-refractivity contribution < 1.29 is 4.79 Å². The number of pyridine rings is 1. The van der Waals surface area contributed by atoms with Crippen LogP contribution >= 0.6 is 11.5 Å². The molecular formula is C11H13N5OS. The first-order valence-electron chi connectivity index (χ1n) is 5.31. The first kappa shape index (κ1) is 12.3. The van der Waals surface area contributed by atoms with Crippen molar-refractivity contribution in [3.05, 3.63) is 35.7 Å². The predicted molar refractivity (Wildman–Crippen MR) is 71.3 cm³/mol. The number of nitrogens with zero attached hydrogens (tertiary/aromatic N) is 2. The lowest BCUT2D eigenvalue weighted by Gasteiger charge is -2.14. The third kappa shape index (κ3) is 2.40. The van der Waals surface area contributed by atoms with Gasteiger partial charge in [0.05, 0.1) is 0 Å². The van der Waals surface area contributed by atoms with Gasteiger partial charge in [-0.15, -0.1) is 0 Å². The standard InChI is InChI=1S/C11H13N5OS/c1-6(7-2-4-14-5-3-7)15-11-8(10(13)17)9(12)16-18-11/h2-6,15H,1H3,(H2,12,16)(H2,13,17). The molecule has 0 bridgehead atoms. The third-order valence-corrected chi connectivity index (χ3v) is 3.31. The lowest BCUT2D eigenvalue weighted by Crippen LogP contribution is -2.15. The number of amides is 1. The quantitative estimate of drug-likeness (QED) is 0.772. The van der Waals surface area contributed by atoms with Crippen LogP contribution in [0.2, 0.25) is 0 Å². The van der Waals surface area contributed by atoms with Crippen LogP contribution in [-0.2, 0) is 0 Å². The van der Waals surface area contributed by atoms with Crippen molar-refractivity contribution in [3.63, 3.8) is 0 Å². The molecular weight excluding hydrogens is 250 g/mol. The monoisotopic (exact) mass is 263 g/mol. The van der Waals surface area contributed by atoms with Gasteiger partial charge in [0.25, 0.3) is 5.91 Å². The SMILES string of the molecule is CC(Nc1snc(N)c1C(N)=O)c1ccncc1. The van der Waals surface area contributed by atoms with E-state index in [4.69, 9.17) is 11.5 Å². The maximum absolute atomic E-state index is 11.3. The second-order valence-electron chi connectivity index (χ2n) is 3.78. The first-order chi connectivity index (χ1) is 8.59. The molecule has 2 aromatic heterocycles. The molecule has 0 fully saturated rings. The van der Waals surface area contributed by atoms with Crippen LogP contribution in [0, 0.1) is 0 Å². The van der Waals surface area contributed by atoms with Gasteiger partial charge < -0.3 is 16.8 Å². The van der Waals surface area contributed by atoms with Crippen molar-refractivity contribution in [1.82, 2.24) is 9.36 Å². The number of aromatic nitrogens is 2. The maximum atomic E-state index is 11.3. The Bertz CT molecular complexity index is 554. The number of carbonyl (C=O) groups is 1. The van der Waals surface area contributed by atoms with E-state index in [1.807, 2.05) is 19.1 Å². The number of nitrogens with two attached hydrogens (primary N) is 2. The first-order valence-corrected chi connectivity index (χ1v) is 6.08. The average molecular weight is 263 g/mol. The second kappa shape index (κ2) is 5.01. The molecule has 0 saturated heterocycles. The highest BCUT2D eigenvalue weighted by Gasteiger charge is 2.18. The molecule has 0 aliphatic rings. The summed E-state index contributed by atoms with van der Waals surface area (Å²) in [5.74, 6) is -0.414. The summed E-state index contributed by atoms with van der Waals surface area (Å²) in [6, 6.07) is 3.80. The van der Waals surface area contributed by atoms with E-state index in [0.29, 0.717) is 5.00 Å². The molecule has 7 heteroatoms. The van der Waals surface area contributed by atoms with Crippen molar-refractivity contribution in [2.45, 2.75) is 13.0 Å². The van der Waals surface area contributed by atoms with Crippen LogP contribution in [0.4, 0.5) is 10.8 Å². The Kier molecular flexibility index (Phi) is 3.42. The van der Waals surface area contributed by atoms with E-state index in [0.717, 1.165) is 17.1 Å². The molecule has 0 aliphatic carbocycles. The fourth-order valence-electron chi connectivity index (χ4n) is 1.57. The zero-order chi connectivity index (χ0) is 13.1. The van der Waals surface area contributed by atoms with Gasteiger partial charge in [-0.3, -0.25) is 9.78 Å². The van der Waals surface area contributed by atoms with Crippen LogP contribution < -0.4 is 16.8 Å². The maximum Gasteiger partial charge on any atom is 0.255 e. The Morgan fingerprint density at radius 1 is 1.44 bits per heavy atom. The summed E-state index contributed by atoms with van der Waals surface area (Å²) in [7, 11) is 0. The molecule has 94 valence electrons. The normalized spacial score (nSPS) is 12.1. The number of nitrogens with one attached hydrogen (secondary N) is 1. The number of primary amides is 1. The smallest absolute Gasteiger partial charge is 0.255 e. The summed E-state index contributed by atoms with van der Waals surface area (Å²) in [5, 5.41) is 3.76. The van der Waals surface area contributed by atoms with E-state index in [-0.39, 0.29) is 17.4 Å². The van der Waals surface area contributed by atoms with E-state index in [2.05, 4.69) is 14.7 Å².